The highest BCUT2D eigenvalue weighted by Gasteiger charge is 2.16. The summed E-state index contributed by atoms with van der Waals surface area (Å²) in [6.07, 6.45) is 2.81. The van der Waals surface area contributed by atoms with Gasteiger partial charge >= 0.3 is 5.97 Å². The molecule has 0 unspecified atom stereocenters. The van der Waals surface area contributed by atoms with Gasteiger partial charge in [0.2, 0.25) is 5.91 Å². The fourth-order valence-electron chi connectivity index (χ4n) is 1.46. The van der Waals surface area contributed by atoms with E-state index < -0.39 is 24.5 Å². The minimum Gasteiger partial charge on any atom is -0.480 e. The first kappa shape index (κ1) is 15.7. The van der Waals surface area contributed by atoms with E-state index in [0.717, 1.165) is 11.3 Å². The van der Waals surface area contributed by atoms with Crippen LogP contribution in [0.2, 0.25) is 0 Å². The molecule has 0 radical (unpaired) electrons. The van der Waals surface area contributed by atoms with Crippen LogP contribution in [0, 0.1) is 0 Å². The number of aliphatic carboxylic acids is 1. The quantitative estimate of drug-likeness (QED) is 0.652. The first-order chi connectivity index (χ1) is 9.43. The highest BCUT2D eigenvalue weighted by atomic mass is 16.4. The second-order valence-electron chi connectivity index (χ2n) is 4.40. The lowest BCUT2D eigenvalue weighted by molar-refractivity contribution is -0.142. The number of rotatable bonds is 6. The zero-order chi connectivity index (χ0) is 15.1. The first-order valence-corrected chi connectivity index (χ1v) is 6.03. The van der Waals surface area contributed by atoms with Crippen LogP contribution >= 0.6 is 0 Å². The van der Waals surface area contributed by atoms with Gasteiger partial charge in [-0.3, -0.25) is 4.79 Å². The molecule has 0 bridgehead atoms. The third-order valence-electron chi connectivity index (χ3n) is 2.63. The Balaban J connectivity index is 2.63. The van der Waals surface area contributed by atoms with Crippen molar-refractivity contribution in [1.29, 1.82) is 0 Å². The van der Waals surface area contributed by atoms with E-state index in [2.05, 4.69) is 5.32 Å². The van der Waals surface area contributed by atoms with Crippen molar-refractivity contribution in [3.63, 3.8) is 0 Å². The van der Waals surface area contributed by atoms with Crippen molar-refractivity contribution in [3.05, 3.63) is 35.9 Å². The molecule has 0 saturated heterocycles. The molecule has 1 amide bonds. The molecule has 3 N–H and O–H groups in total. The van der Waals surface area contributed by atoms with Crippen molar-refractivity contribution < 1.29 is 19.8 Å². The summed E-state index contributed by atoms with van der Waals surface area (Å²) in [7, 11) is 3.86. The lowest BCUT2D eigenvalue weighted by Gasteiger charge is -2.12. The molecule has 108 valence electrons. The predicted octanol–water partition coefficient (Wildman–Crippen LogP) is 0.327. The van der Waals surface area contributed by atoms with E-state index in [1.54, 1.807) is 6.08 Å². The minimum absolute atomic E-state index is 0.567. The maximum absolute atomic E-state index is 11.5. The number of aliphatic hydroxyl groups is 1. The smallest absolute Gasteiger partial charge is 0.328 e. The minimum atomic E-state index is -1.29. The molecule has 0 heterocycles. The van der Waals surface area contributed by atoms with E-state index in [4.69, 9.17) is 10.2 Å². The summed E-state index contributed by atoms with van der Waals surface area (Å²) in [6, 6.07) is 6.22. The molecule has 1 rings (SSSR count). The summed E-state index contributed by atoms with van der Waals surface area (Å²) in [5.74, 6) is -1.84. The summed E-state index contributed by atoms with van der Waals surface area (Å²) in [5, 5.41) is 19.7. The summed E-state index contributed by atoms with van der Waals surface area (Å²) in [6.45, 7) is -0.646. The second kappa shape index (κ2) is 7.30. The van der Waals surface area contributed by atoms with E-state index in [1.165, 1.54) is 6.08 Å². The topological polar surface area (TPSA) is 89.9 Å². The van der Waals surface area contributed by atoms with Crippen molar-refractivity contribution in [2.75, 3.05) is 25.6 Å². The van der Waals surface area contributed by atoms with Crippen molar-refractivity contribution in [2.24, 2.45) is 0 Å². The van der Waals surface area contributed by atoms with E-state index >= 15 is 0 Å². The van der Waals surface area contributed by atoms with Crippen molar-refractivity contribution in [2.45, 2.75) is 6.04 Å². The van der Waals surface area contributed by atoms with Crippen LogP contribution in [0.1, 0.15) is 5.56 Å². The standard InChI is InChI=1S/C14H18N2O4/c1-16(2)11-6-3-10(4-7-11)5-8-13(18)15-12(9-17)14(19)20/h3-8,12,17H,9H2,1-2H3,(H,15,18)(H,19,20)/b8-5+/t12-/m0/s1. The number of carboxylic acids is 1. The number of amides is 1. The number of hydrogen-bond acceptors (Lipinski definition) is 4. The molecule has 0 aliphatic rings. The number of anilines is 1. The van der Waals surface area contributed by atoms with Crippen molar-refractivity contribution in [3.8, 4) is 0 Å². The fraction of sp³-hybridized carbons (Fsp3) is 0.286. The molecule has 0 aliphatic heterocycles. The van der Waals surface area contributed by atoms with Crippen LogP contribution in [-0.2, 0) is 9.59 Å². The molecule has 6 heteroatoms. The van der Waals surface area contributed by atoms with Gasteiger partial charge in [0.15, 0.2) is 6.04 Å². The SMILES string of the molecule is CN(C)c1ccc(/C=C/C(=O)N[C@@H](CO)C(=O)O)cc1. The van der Waals surface area contributed by atoms with E-state index in [1.807, 2.05) is 43.3 Å². The fourth-order valence-corrected chi connectivity index (χ4v) is 1.46. The number of benzene rings is 1. The molecule has 0 aromatic heterocycles. The molecule has 1 aromatic rings. The van der Waals surface area contributed by atoms with Gasteiger partial charge in [0.1, 0.15) is 0 Å². The molecule has 1 aromatic carbocycles. The Bertz CT molecular complexity index is 494. The van der Waals surface area contributed by atoms with Gasteiger partial charge in [0.25, 0.3) is 0 Å². The van der Waals surface area contributed by atoms with Gasteiger partial charge in [-0.15, -0.1) is 0 Å². The maximum Gasteiger partial charge on any atom is 0.328 e. The van der Waals surface area contributed by atoms with Crippen LogP contribution in [0.25, 0.3) is 6.08 Å². The van der Waals surface area contributed by atoms with Gasteiger partial charge in [-0.05, 0) is 23.8 Å². The summed E-state index contributed by atoms with van der Waals surface area (Å²) < 4.78 is 0. The third kappa shape index (κ3) is 4.74. The molecular weight excluding hydrogens is 260 g/mol. The monoisotopic (exact) mass is 278 g/mol. The van der Waals surface area contributed by atoms with Gasteiger partial charge in [-0.25, -0.2) is 4.79 Å². The second-order valence-corrected chi connectivity index (χ2v) is 4.40. The highest BCUT2D eigenvalue weighted by Crippen LogP contribution is 2.12. The average molecular weight is 278 g/mol. The molecule has 20 heavy (non-hydrogen) atoms. The van der Waals surface area contributed by atoms with Crippen LogP contribution in [-0.4, -0.2) is 48.8 Å². The van der Waals surface area contributed by atoms with Gasteiger partial charge in [-0.1, -0.05) is 12.1 Å². The van der Waals surface area contributed by atoms with Gasteiger partial charge in [0, 0.05) is 25.9 Å². The number of hydrogen-bond donors (Lipinski definition) is 3. The predicted molar refractivity (Wildman–Crippen MR) is 76.5 cm³/mol. The molecule has 6 nitrogen and oxygen atoms in total. The number of carboxylic acid groups (broad SMARTS) is 1. The van der Waals surface area contributed by atoms with Gasteiger partial charge in [-0.2, -0.15) is 0 Å². The van der Waals surface area contributed by atoms with Crippen LogP contribution in [0.5, 0.6) is 0 Å². The Morgan fingerprint density at radius 2 is 1.90 bits per heavy atom. The molecule has 0 fully saturated rings. The Kier molecular flexibility index (Phi) is 5.74. The van der Waals surface area contributed by atoms with E-state index in [0.29, 0.717) is 0 Å². The lowest BCUT2D eigenvalue weighted by Crippen LogP contribution is -2.42. The lowest BCUT2D eigenvalue weighted by atomic mass is 10.2. The molecule has 0 aliphatic carbocycles. The van der Waals surface area contributed by atoms with Crippen molar-refractivity contribution >= 4 is 23.6 Å². The number of aliphatic hydroxyl groups excluding tert-OH is 1. The largest absolute Gasteiger partial charge is 0.480 e. The van der Waals surface area contributed by atoms with Crippen LogP contribution in [0.15, 0.2) is 30.3 Å². The summed E-state index contributed by atoms with van der Waals surface area (Å²) >= 11 is 0. The van der Waals surface area contributed by atoms with Crippen molar-refractivity contribution in [1.82, 2.24) is 5.32 Å². The first-order valence-electron chi connectivity index (χ1n) is 6.03. The summed E-state index contributed by atoms with van der Waals surface area (Å²) in [4.78, 5) is 24.1. The Hall–Kier alpha value is -2.34. The van der Waals surface area contributed by atoms with Crippen LogP contribution < -0.4 is 10.2 Å². The normalized spacial score (nSPS) is 12.2. The van der Waals surface area contributed by atoms with Gasteiger partial charge < -0.3 is 20.4 Å². The summed E-state index contributed by atoms with van der Waals surface area (Å²) in [5.41, 5.74) is 1.86. The van der Waals surface area contributed by atoms with E-state index in [-0.39, 0.29) is 0 Å². The zero-order valence-corrected chi connectivity index (χ0v) is 11.4. The Morgan fingerprint density at radius 3 is 2.35 bits per heavy atom. The van der Waals surface area contributed by atoms with E-state index in [9.17, 15) is 9.59 Å². The van der Waals surface area contributed by atoms with Crippen LogP contribution in [0.3, 0.4) is 0 Å². The Labute approximate surface area is 117 Å². The number of nitrogens with one attached hydrogen (secondary N) is 1. The number of carbonyl (C=O) groups is 2. The third-order valence-corrected chi connectivity index (χ3v) is 2.63. The maximum atomic E-state index is 11.5. The number of nitrogens with zero attached hydrogens (tertiary/aromatic N) is 1. The average Bonchev–Trinajstić information content (AvgIpc) is 2.42. The number of carbonyl (C=O) groups excluding carboxylic acids is 1. The van der Waals surface area contributed by atoms with Gasteiger partial charge in [0.05, 0.1) is 6.61 Å². The van der Waals surface area contributed by atoms with Crippen LogP contribution in [0.4, 0.5) is 5.69 Å². The molecule has 0 saturated carbocycles. The highest BCUT2D eigenvalue weighted by molar-refractivity contribution is 5.94. The molecule has 0 spiro atoms. The molecular formula is C14H18N2O4. The molecule has 1 atom stereocenters. The zero-order valence-electron chi connectivity index (χ0n) is 11.4. The Morgan fingerprint density at radius 1 is 1.30 bits per heavy atom.